The van der Waals surface area contributed by atoms with Gasteiger partial charge < -0.3 is 16.2 Å². The van der Waals surface area contributed by atoms with Gasteiger partial charge in [0, 0.05) is 22.2 Å². The zero-order valence-electron chi connectivity index (χ0n) is 16.8. The van der Waals surface area contributed by atoms with Crippen molar-refractivity contribution in [2.24, 2.45) is 5.73 Å². The Hall–Kier alpha value is -3.56. The number of aromatic amines is 1. The fourth-order valence-electron chi connectivity index (χ4n) is 3.07. The number of halogens is 1. The molecule has 4 rings (SSSR count). The molecule has 0 fully saturated rings. The summed E-state index contributed by atoms with van der Waals surface area (Å²) in [4.78, 5) is 17.1. The van der Waals surface area contributed by atoms with Crippen LogP contribution in [-0.4, -0.2) is 26.2 Å². The quantitative estimate of drug-likeness (QED) is 0.356. The number of nitrogens with zero attached hydrogens (tertiary/aromatic N) is 2. The van der Waals surface area contributed by atoms with Gasteiger partial charge in [-0.25, -0.2) is 9.37 Å². The van der Waals surface area contributed by atoms with Crippen molar-refractivity contribution in [1.82, 2.24) is 15.2 Å². The predicted molar refractivity (Wildman–Crippen MR) is 119 cm³/mol. The normalized spacial score (nSPS) is 11.5. The van der Waals surface area contributed by atoms with Gasteiger partial charge in [0.1, 0.15) is 16.6 Å². The molecule has 0 atom stereocenters. The van der Waals surface area contributed by atoms with Gasteiger partial charge in [-0.15, -0.1) is 11.3 Å². The van der Waals surface area contributed by atoms with Crippen LogP contribution in [0.1, 0.15) is 29.8 Å². The molecular weight excluding hydrogens is 417 g/mol. The van der Waals surface area contributed by atoms with Gasteiger partial charge in [0.15, 0.2) is 0 Å². The van der Waals surface area contributed by atoms with E-state index < -0.39 is 17.3 Å². The number of carbonyl (C=O) groups excluding carboxylic acids is 1. The number of benzene rings is 1. The lowest BCUT2D eigenvalue weighted by molar-refractivity contribution is 0.0782. The third-order valence-corrected chi connectivity index (χ3v) is 5.81. The minimum absolute atomic E-state index is 0.237. The minimum Gasteiger partial charge on any atom is -0.386 e. The van der Waals surface area contributed by atoms with Gasteiger partial charge in [-0.1, -0.05) is 18.2 Å². The summed E-state index contributed by atoms with van der Waals surface area (Å²) in [5, 5.41) is 20.3. The second-order valence-electron chi connectivity index (χ2n) is 7.49. The van der Waals surface area contributed by atoms with Crippen LogP contribution < -0.4 is 11.1 Å². The zero-order chi connectivity index (χ0) is 22.2. The summed E-state index contributed by atoms with van der Waals surface area (Å²) < 4.78 is 14.8. The van der Waals surface area contributed by atoms with Crippen molar-refractivity contribution in [2.75, 3.05) is 5.32 Å². The molecule has 0 bridgehead atoms. The van der Waals surface area contributed by atoms with Crippen molar-refractivity contribution in [3.8, 4) is 21.7 Å². The van der Waals surface area contributed by atoms with Crippen LogP contribution in [0.25, 0.3) is 21.7 Å². The van der Waals surface area contributed by atoms with E-state index in [1.807, 2.05) is 12.1 Å². The molecule has 7 nitrogen and oxygen atoms in total. The fraction of sp³-hybridized carbons (Fsp3) is 0.136. The van der Waals surface area contributed by atoms with E-state index in [4.69, 9.17) is 5.73 Å². The molecule has 31 heavy (non-hydrogen) atoms. The number of hydrogen-bond donors (Lipinski definition) is 4. The molecule has 3 heterocycles. The summed E-state index contributed by atoms with van der Waals surface area (Å²) in [6, 6.07) is 11.5. The molecule has 0 saturated heterocycles. The number of carbonyl (C=O) groups is 1. The smallest absolute Gasteiger partial charge is 0.251 e. The second-order valence-corrected chi connectivity index (χ2v) is 8.54. The Kier molecular flexibility index (Phi) is 5.30. The molecule has 9 heteroatoms. The number of primary amides is 1. The Bertz CT molecular complexity index is 1250. The Balaban J connectivity index is 1.69. The van der Waals surface area contributed by atoms with Gasteiger partial charge in [0.05, 0.1) is 23.1 Å². The lowest BCUT2D eigenvalue weighted by Gasteiger charge is -2.18. The molecule has 5 N–H and O–H groups in total. The van der Waals surface area contributed by atoms with E-state index >= 15 is 0 Å². The van der Waals surface area contributed by atoms with Crippen LogP contribution in [0.4, 0.5) is 15.2 Å². The van der Waals surface area contributed by atoms with Gasteiger partial charge in [-0.3, -0.25) is 9.89 Å². The number of nitrogens with one attached hydrogen (secondary N) is 2. The van der Waals surface area contributed by atoms with Crippen LogP contribution in [0, 0.1) is 5.82 Å². The van der Waals surface area contributed by atoms with Crippen molar-refractivity contribution in [3.05, 3.63) is 71.8 Å². The van der Waals surface area contributed by atoms with Gasteiger partial charge in [-0.05, 0) is 43.7 Å². The van der Waals surface area contributed by atoms with E-state index in [2.05, 4.69) is 20.5 Å². The van der Waals surface area contributed by atoms with Crippen LogP contribution in [0.5, 0.6) is 0 Å². The van der Waals surface area contributed by atoms with E-state index in [9.17, 15) is 14.3 Å². The third kappa shape index (κ3) is 4.32. The molecule has 1 amide bonds. The standard InChI is InChI=1S/C22H20FN5O2S/c1-22(2,30)13-6-7-14(16(23)8-13)18-9-15(20(24)29)21(31-18)28-19-5-3-4-17(27-19)12-10-25-26-11-12/h3-11,30H,1-2H3,(H2,24,29)(H,25,26)(H,27,28). The summed E-state index contributed by atoms with van der Waals surface area (Å²) in [7, 11) is 0. The molecule has 0 aliphatic carbocycles. The first-order valence-electron chi connectivity index (χ1n) is 9.42. The van der Waals surface area contributed by atoms with Crippen LogP contribution in [0.15, 0.2) is 54.9 Å². The highest BCUT2D eigenvalue weighted by molar-refractivity contribution is 7.19. The molecule has 3 aromatic heterocycles. The third-order valence-electron chi connectivity index (χ3n) is 4.72. The topological polar surface area (TPSA) is 117 Å². The Morgan fingerprint density at radius 2 is 2.06 bits per heavy atom. The van der Waals surface area contributed by atoms with Gasteiger partial charge in [0.25, 0.3) is 5.91 Å². The Morgan fingerprint density at radius 1 is 1.26 bits per heavy atom. The van der Waals surface area contributed by atoms with Crippen LogP contribution >= 0.6 is 11.3 Å². The number of anilines is 2. The van der Waals surface area contributed by atoms with Crippen molar-refractivity contribution >= 4 is 28.1 Å². The number of rotatable bonds is 6. The molecule has 0 radical (unpaired) electrons. The number of aromatic nitrogens is 3. The largest absolute Gasteiger partial charge is 0.386 e. The molecule has 0 saturated carbocycles. The lowest BCUT2D eigenvalue weighted by Crippen LogP contribution is -2.15. The lowest BCUT2D eigenvalue weighted by atomic mass is 9.96. The maximum Gasteiger partial charge on any atom is 0.251 e. The first-order chi connectivity index (χ1) is 14.7. The number of aliphatic hydroxyl groups is 1. The van der Waals surface area contributed by atoms with Crippen molar-refractivity contribution < 1.29 is 14.3 Å². The van der Waals surface area contributed by atoms with E-state index in [0.717, 1.165) is 5.56 Å². The van der Waals surface area contributed by atoms with E-state index in [0.29, 0.717) is 32.5 Å². The summed E-state index contributed by atoms with van der Waals surface area (Å²) in [6.07, 6.45) is 3.38. The number of hydrogen-bond acceptors (Lipinski definition) is 6. The van der Waals surface area contributed by atoms with Crippen molar-refractivity contribution in [2.45, 2.75) is 19.4 Å². The maximum absolute atomic E-state index is 14.8. The number of nitrogens with two attached hydrogens (primary N) is 1. The molecule has 1 aromatic carbocycles. The number of thiophene rings is 1. The minimum atomic E-state index is -1.16. The highest BCUT2D eigenvalue weighted by atomic mass is 32.1. The SMILES string of the molecule is CC(C)(O)c1ccc(-c2cc(C(N)=O)c(Nc3cccc(-c4cn[nH]c4)n3)s2)c(F)c1. The van der Waals surface area contributed by atoms with E-state index in [1.165, 1.54) is 17.4 Å². The molecule has 158 valence electrons. The first-order valence-corrected chi connectivity index (χ1v) is 10.2. The summed E-state index contributed by atoms with van der Waals surface area (Å²) in [5.74, 6) is -0.625. The second kappa shape index (κ2) is 7.93. The summed E-state index contributed by atoms with van der Waals surface area (Å²) in [5.41, 5.74) is 6.92. The van der Waals surface area contributed by atoms with Crippen LogP contribution in [0.2, 0.25) is 0 Å². The molecular formula is C22H20FN5O2S. The first kappa shape index (κ1) is 20.7. The summed E-state index contributed by atoms with van der Waals surface area (Å²) >= 11 is 1.19. The highest BCUT2D eigenvalue weighted by Gasteiger charge is 2.21. The van der Waals surface area contributed by atoms with E-state index in [1.54, 1.807) is 50.5 Å². The van der Waals surface area contributed by atoms with Crippen molar-refractivity contribution in [1.29, 1.82) is 0 Å². The molecule has 0 aliphatic rings. The molecule has 0 spiro atoms. The number of H-pyrrole nitrogens is 1. The predicted octanol–water partition coefficient (Wildman–Crippen LogP) is 4.41. The average Bonchev–Trinajstić information content (AvgIpc) is 3.38. The average molecular weight is 438 g/mol. The van der Waals surface area contributed by atoms with Gasteiger partial charge >= 0.3 is 0 Å². The van der Waals surface area contributed by atoms with Gasteiger partial charge in [-0.2, -0.15) is 5.10 Å². The molecule has 0 unspecified atom stereocenters. The fourth-order valence-corrected chi connectivity index (χ4v) is 4.16. The van der Waals surface area contributed by atoms with Crippen molar-refractivity contribution in [3.63, 3.8) is 0 Å². The van der Waals surface area contributed by atoms with Gasteiger partial charge in [0.2, 0.25) is 0 Å². The number of pyridine rings is 1. The highest BCUT2D eigenvalue weighted by Crippen LogP contribution is 2.38. The summed E-state index contributed by atoms with van der Waals surface area (Å²) in [6.45, 7) is 3.18. The van der Waals surface area contributed by atoms with Crippen LogP contribution in [0.3, 0.4) is 0 Å². The monoisotopic (exact) mass is 437 g/mol. The zero-order valence-corrected chi connectivity index (χ0v) is 17.6. The number of amides is 1. The molecule has 0 aliphatic heterocycles. The van der Waals surface area contributed by atoms with Crippen LogP contribution in [-0.2, 0) is 5.60 Å². The van der Waals surface area contributed by atoms with E-state index in [-0.39, 0.29) is 5.56 Å². The molecule has 4 aromatic rings. The maximum atomic E-state index is 14.8. The Morgan fingerprint density at radius 3 is 2.71 bits per heavy atom. The Labute approximate surface area is 181 Å².